The Balaban J connectivity index is 1.72. The van der Waals surface area contributed by atoms with Crippen LogP contribution < -0.4 is 0 Å². The van der Waals surface area contributed by atoms with Crippen molar-refractivity contribution in [2.45, 2.75) is 24.3 Å². The Morgan fingerprint density at radius 1 is 1.27 bits per heavy atom. The van der Waals surface area contributed by atoms with Crippen molar-refractivity contribution in [3.63, 3.8) is 0 Å². The molecule has 0 radical (unpaired) electrons. The molecule has 4 rings (SSSR count). The number of aliphatic carboxylic acids is 1. The van der Waals surface area contributed by atoms with Gasteiger partial charge < -0.3 is 10.2 Å². The first-order valence-corrected chi connectivity index (χ1v) is 10.5. The lowest BCUT2D eigenvalue weighted by atomic mass is 10.1. The highest BCUT2D eigenvalue weighted by molar-refractivity contribution is 7.89. The fourth-order valence-corrected chi connectivity index (χ4v) is 5.17. The summed E-state index contributed by atoms with van der Waals surface area (Å²) in [6.07, 6.45) is 1.72. The van der Waals surface area contributed by atoms with E-state index in [0.717, 1.165) is 12.4 Å². The average molecular weight is 435 g/mol. The summed E-state index contributed by atoms with van der Waals surface area (Å²) in [4.78, 5) is 18.1. The minimum Gasteiger partial charge on any atom is -0.481 e. The van der Waals surface area contributed by atoms with Crippen LogP contribution in [0.15, 0.2) is 35.5 Å². The molecule has 0 spiro atoms. The zero-order valence-corrected chi connectivity index (χ0v) is 16.6. The number of aromatic nitrogens is 4. The molecule has 0 unspecified atom stereocenters. The van der Waals surface area contributed by atoms with E-state index in [2.05, 4.69) is 15.1 Å². The molecule has 0 saturated carbocycles. The Morgan fingerprint density at radius 3 is 2.63 bits per heavy atom. The molecule has 1 saturated heterocycles. The Hall–Kier alpha value is -3.12. The summed E-state index contributed by atoms with van der Waals surface area (Å²) in [7, 11) is -3.92. The van der Waals surface area contributed by atoms with Crippen LogP contribution in [0.5, 0.6) is 6.01 Å². The lowest BCUT2D eigenvalue weighted by molar-refractivity contribution is -0.136. The quantitative estimate of drug-likeness (QED) is 0.609. The Morgan fingerprint density at radius 2 is 1.97 bits per heavy atom. The summed E-state index contributed by atoms with van der Waals surface area (Å²) in [5.74, 6) is -1.74. The molecule has 3 aromatic rings. The molecule has 1 aromatic carbocycles. The zero-order valence-electron chi connectivity index (χ0n) is 15.8. The van der Waals surface area contributed by atoms with E-state index in [1.54, 1.807) is 0 Å². The normalized spacial score (nSPS) is 20.1. The van der Waals surface area contributed by atoms with Crippen LogP contribution in [0.2, 0.25) is 0 Å². The number of fused-ring (bicyclic) bond motifs is 1. The number of halogens is 1. The van der Waals surface area contributed by atoms with E-state index in [9.17, 15) is 22.7 Å². The highest BCUT2D eigenvalue weighted by atomic mass is 32.2. The third kappa shape index (κ3) is 3.48. The van der Waals surface area contributed by atoms with E-state index in [1.807, 2.05) is 6.92 Å². The molecule has 2 aromatic heterocycles. The summed E-state index contributed by atoms with van der Waals surface area (Å²) in [5.41, 5.74) is 0.702. The molecule has 0 amide bonds. The van der Waals surface area contributed by atoms with E-state index in [0.29, 0.717) is 10.9 Å². The van der Waals surface area contributed by atoms with Crippen molar-refractivity contribution < 1.29 is 27.8 Å². The maximum atomic E-state index is 13.9. The van der Waals surface area contributed by atoms with Crippen molar-refractivity contribution in [3.8, 4) is 6.01 Å². The van der Waals surface area contributed by atoms with Crippen molar-refractivity contribution in [2.24, 2.45) is 5.92 Å². The molecule has 0 bridgehead atoms. The van der Waals surface area contributed by atoms with Crippen molar-refractivity contribution in [1.82, 2.24) is 24.1 Å². The fraction of sp³-hybridized carbons (Fsp3) is 0.333. The molecule has 12 heteroatoms. The van der Waals surface area contributed by atoms with Gasteiger partial charge in [-0.1, -0.05) is 6.92 Å². The largest absolute Gasteiger partial charge is 0.481 e. The van der Waals surface area contributed by atoms with Gasteiger partial charge in [-0.15, -0.1) is 0 Å². The number of aromatic hydroxyl groups is 1. The second-order valence-corrected chi connectivity index (χ2v) is 9.15. The molecule has 3 heterocycles. The molecule has 1 aliphatic rings. The minimum absolute atomic E-state index is 0.0597. The molecule has 2 atom stereocenters. The van der Waals surface area contributed by atoms with E-state index in [-0.39, 0.29) is 36.0 Å². The van der Waals surface area contributed by atoms with Crippen LogP contribution in [0.3, 0.4) is 0 Å². The molecule has 0 aliphatic carbocycles. The van der Waals surface area contributed by atoms with Gasteiger partial charge in [0.15, 0.2) is 0 Å². The van der Waals surface area contributed by atoms with Crippen LogP contribution in [-0.4, -0.2) is 61.7 Å². The number of hydrogen-bond donors (Lipinski definition) is 2. The molecular weight excluding hydrogens is 417 g/mol. The van der Waals surface area contributed by atoms with E-state index in [1.165, 1.54) is 27.2 Å². The van der Waals surface area contributed by atoms with E-state index >= 15 is 0 Å². The van der Waals surface area contributed by atoms with Crippen molar-refractivity contribution in [1.29, 1.82) is 0 Å². The van der Waals surface area contributed by atoms with Crippen LogP contribution in [0, 0.1) is 11.7 Å². The molecule has 1 aliphatic heterocycles. The predicted octanol–water partition coefficient (Wildman–Crippen LogP) is 1.18. The number of benzene rings is 1. The molecule has 10 nitrogen and oxygen atoms in total. The maximum Gasteiger partial charge on any atom is 0.313 e. The highest BCUT2D eigenvalue weighted by Gasteiger charge is 2.39. The lowest BCUT2D eigenvalue weighted by Crippen LogP contribution is -2.29. The lowest BCUT2D eigenvalue weighted by Gasteiger charge is -2.17. The monoisotopic (exact) mass is 435 g/mol. The van der Waals surface area contributed by atoms with Gasteiger partial charge in [0.05, 0.1) is 36.1 Å². The van der Waals surface area contributed by atoms with Crippen molar-refractivity contribution >= 4 is 26.9 Å². The molecule has 2 N–H and O–H groups in total. The van der Waals surface area contributed by atoms with Gasteiger partial charge in [0.1, 0.15) is 10.7 Å². The smallest absolute Gasteiger partial charge is 0.313 e. The van der Waals surface area contributed by atoms with Crippen LogP contribution in [-0.2, 0) is 21.2 Å². The molecular formula is C18H18FN5O5S. The number of rotatable bonds is 5. The predicted molar refractivity (Wildman–Crippen MR) is 102 cm³/mol. The Labute approximate surface area is 170 Å². The number of nitrogens with zero attached hydrogens (tertiary/aromatic N) is 5. The molecule has 30 heavy (non-hydrogen) atoms. The van der Waals surface area contributed by atoms with Gasteiger partial charge in [0.25, 0.3) is 0 Å². The van der Waals surface area contributed by atoms with Crippen LogP contribution in [0.1, 0.15) is 18.7 Å². The SMILES string of the molecule is C[C@@H]1CN(S(=O)(=O)c2cnc(O)nc2)C[C@@H]1n1nc(CC(=O)O)c2ccc(F)cc21. The minimum atomic E-state index is -3.92. The summed E-state index contributed by atoms with van der Waals surface area (Å²) in [6.45, 7) is 2.08. The van der Waals surface area contributed by atoms with E-state index < -0.39 is 33.9 Å². The first-order chi connectivity index (χ1) is 14.2. The van der Waals surface area contributed by atoms with Gasteiger partial charge in [-0.05, 0) is 24.1 Å². The second-order valence-electron chi connectivity index (χ2n) is 7.21. The van der Waals surface area contributed by atoms with Crippen LogP contribution in [0.4, 0.5) is 4.39 Å². The second kappa shape index (κ2) is 7.29. The zero-order chi connectivity index (χ0) is 21.6. The Bertz CT molecular complexity index is 1230. The third-order valence-corrected chi connectivity index (χ3v) is 6.95. The average Bonchev–Trinajstić information content (AvgIpc) is 3.22. The van der Waals surface area contributed by atoms with Gasteiger partial charge in [-0.3, -0.25) is 9.48 Å². The number of carboxylic acids is 1. The first kappa shape index (κ1) is 20.2. The number of sulfonamides is 1. The standard InChI is InChI=1S/C18H18FN5O5S/c1-10-8-23(30(28,29)12-6-20-18(27)21-7-12)9-16(10)24-15-4-11(19)2-3-13(15)14(22-24)5-17(25)26/h2-4,6-7,10,16H,5,8-9H2,1H3,(H,25,26)(H,20,21,27)/t10-,16+/m1/s1. The number of hydrogen-bond acceptors (Lipinski definition) is 7. The topological polar surface area (TPSA) is 139 Å². The summed E-state index contributed by atoms with van der Waals surface area (Å²) >= 11 is 0. The van der Waals surface area contributed by atoms with E-state index in [4.69, 9.17) is 5.11 Å². The van der Waals surface area contributed by atoms with Gasteiger partial charge in [-0.25, -0.2) is 22.8 Å². The number of carbonyl (C=O) groups is 1. The van der Waals surface area contributed by atoms with Crippen LogP contribution >= 0.6 is 0 Å². The van der Waals surface area contributed by atoms with Gasteiger partial charge in [0, 0.05) is 18.5 Å². The van der Waals surface area contributed by atoms with Crippen molar-refractivity contribution in [3.05, 3.63) is 42.1 Å². The summed E-state index contributed by atoms with van der Waals surface area (Å²) in [5, 5.41) is 23.3. The maximum absolute atomic E-state index is 13.9. The van der Waals surface area contributed by atoms with Crippen LogP contribution in [0.25, 0.3) is 10.9 Å². The molecule has 1 fully saturated rings. The first-order valence-electron chi connectivity index (χ1n) is 9.06. The van der Waals surface area contributed by atoms with Gasteiger partial charge in [-0.2, -0.15) is 9.40 Å². The fourth-order valence-electron chi connectivity index (χ4n) is 3.72. The summed E-state index contributed by atoms with van der Waals surface area (Å²) < 4.78 is 42.5. The summed E-state index contributed by atoms with van der Waals surface area (Å²) in [6, 6.07) is 3.03. The Kier molecular flexibility index (Phi) is 4.90. The highest BCUT2D eigenvalue weighted by Crippen LogP contribution is 2.34. The van der Waals surface area contributed by atoms with Gasteiger partial charge in [0.2, 0.25) is 10.0 Å². The molecule has 158 valence electrons. The third-order valence-electron chi connectivity index (χ3n) is 5.17. The van der Waals surface area contributed by atoms with Crippen molar-refractivity contribution in [2.75, 3.05) is 13.1 Å². The number of carboxylic acid groups (broad SMARTS) is 1. The van der Waals surface area contributed by atoms with Gasteiger partial charge >= 0.3 is 12.0 Å².